The Kier molecular flexibility index (Phi) is 4.08. The number of carbonyl (C=O) groups excluding carboxylic acids is 1. The third-order valence-electron chi connectivity index (χ3n) is 2.59. The molecular weight excluding hydrogens is 200 g/mol. The summed E-state index contributed by atoms with van der Waals surface area (Å²) in [5.41, 5.74) is -0.978. The number of rotatable bonds is 5. The molecule has 15 heavy (non-hydrogen) atoms. The van der Waals surface area contributed by atoms with E-state index in [1.54, 1.807) is 0 Å². The molecule has 86 valence electrons. The highest BCUT2D eigenvalue weighted by Crippen LogP contribution is 2.27. The second-order valence-electron chi connectivity index (χ2n) is 3.97. The topological polar surface area (TPSA) is 83.8 Å². The minimum absolute atomic E-state index is 0.0278. The molecule has 0 spiro atoms. The summed E-state index contributed by atoms with van der Waals surface area (Å²) in [7, 11) is 0. The van der Waals surface area contributed by atoms with Crippen LogP contribution in [0.1, 0.15) is 38.5 Å². The first kappa shape index (κ1) is 12.0. The van der Waals surface area contributed by atoms with Crippen LogP contribution in [0.2, 0.25) is 0 Å². The molecule has 5 nitrogen and oxygen atoms in total. The number of aliphatic carboxylic acids is 1. The van der Waals surface area contributed by atoms with E-state index in [9.17, 15) is 14.7 Å². The molecule has 1 heterocycles. The average Bonchev–Trinajstić information content (AvgIpc) is 2.12. The number of aliphatic hydroxyl groups is 1. The molecule has 1 atom stereocenters. The lowest BCUT2D eigenvalue weighted by Gasteiger charge is -2.30. The number of hydrogen-bond donors (Lipinski definition) is 2. The fourth-order valence-corrected chi connectivity index (χ4v) is 1.71. The molecule has 1 aliphatic rings. The zero-order valence-electron chi connectivity index (χ0n) is 8.57. The standard InChI is InChI=1S/C10H16O5/c11-8(12)3-1-2-4-10(14)5-6-15-9(13)7-10/h14H,1-7H2,(H,11,12). The van der Waals surface area contributed by atoms with Gasteiger partial charge in [0.2, 0.25) is 0 Å². The van der Waals surface area contributed by atoms with Gasteiger partial charge in [-0.2, -0.15) is 0 Å². The van der Waals surface area contributed by atoms with Gasteiger partial charge in [0.25, 0.3) is 0 Å². The fraction of sp³-hybridized carbons (Fsp3) is 0.800. The summed E-state index contributed by atoms with van der Waals surface area (Å²) in [5.74, 6) is -1.20. The van der Waals surface area contributed by atoms with Gasteiger partial charge in [-0.1, -0.05) is 0 Å². The molecule has 0 aromatic rings. The number of hydrogen-bond acceptors (Lipinski definition) is 4. The van der Waals surface area contributed by atoms with Gasteiger partial charge < -0.3 is 14.9 Å². The van der Waals surface area contributed by atoms with Crippen molar-refractivity contribution < 1.29 is 24.5 Å². The molecule has 5 heteroatoms. The molecule has 0 amide bonds. The first-order valence-electron chi connectivity index (χ1n) is 5.12. The second-order valence-corrected chi connectivity index (χ2v) is 3.97. The number of unbranched alkanes of at least 4 members (excludes halogenated alkanes) is 1. The summed E-state index contributed by atoms with van der Waals surface area (Å²) in [5, 5.41) is 18.4. The minimum Gasteiger partial charge on any atom is -0.481 e. The SMILES string of the molecule is O=C(O)CCCCC1(O)CCOC(=O)C1. The van der Waals surface area contributed by atoms with Gasteiger partial charge in [0.1, 0.15) is 0 Å². The van der Waals surface area contributed by atoms with Crippen LogP contribution in [0.4, 0.5) is 0 Å². The zero-order chi connectivity index (χ0) is 11.3. The number of ether oxygens (including phenoxy) is 1. The molecule has 1 rings (SSSR count). The monoisotopic (exact) mass is 216 g/mol. The maximum absolute atomic E-state index is 10.9. The molecule has 0 radical (unpaired) electrons. The van der Waals surface area contributed by atoms with Crippen LogP contribution in [0.5, 0.6) is 0 Å². The lowest BCUT2D eigenvalue weighted by molar-refractivity contribution is -0.160. The van der Waals surface area contributed by atoms with E-state index in [-0.39, 0.29) is 25.4 Å². The third-order valence-corrected chi connectivity index (χ3v) is 2.59. The molecule has 0 aromatic carbocycles. The van der Waals surface area contributed by atoms with Crippen LogP contribution in [0.25, 0.3) is 0 Å². The first-order valence-corrected chi connectivity index (χ1v) is 5.12. The van der Waals surface area contributed by atoms with E-state index in [0.717, 1.165) is 0 Å². The second kappa shape index (κ2) is 5.11. The summed E-state index contributed by atoms with van der Waals surface area (Å²) in [6.45, 7) is 0.258. The highest BCUT2D eigenvalue weighted by Gasteiger charge is 2.34. The van der Waals surface area contributed by atoms with Crippen LogP contribution in [0, 0.1) is 0 Å². The van der Waals surface area contributed by atoms with Crippen LogP contribution < -0.4 is 0 Å². The van der Waals surface area contributed by atoms with Gasteiger partial charge in [0.05, 0.1) is 18.6 Å². The van der Waals surface area contributed by atoms with E-state index in [2.05, 4.69) is 0 Å². The van der Waals surface area contributed by atoms with Crippen LogP contribution in [-0.2, 0) is 14.3 Å². The number of carboxylic acids is 1. The highest BCUT2D eigenvalue weighted by atomic mass is 16.5. The Morgan fingerprint density at radius 3 is 2.80 bits per heavy atom. The van der Waals surface area contributed by atoms with Crippen molar-refractivity contribution in [1.29, 1.82) is 0 Å². The van der Waals surface area contributed by atoms with E-state index in [4.69, 9.17) is 9.84 Å². The van der Waals surface area contributed by atoms with Gasteiger partial charge >= 0.3 is 11.9 Å². The van der Waals surface area contributed by atoms with Gasteiger partial charge in [0.15, 0.2) is 0 Å². The van der Waals surface area contributed by atoms with E-state index in [1.807, 2.05) is 0 Å². The molecule has 0 saturated carbocycles. The Balaban J connectivity index is 2.23. The van der Waals surface area contributed by atoms with E-state index < -0.39 is 11.6 Å². The van der Waals surface area contributed by atoms with Crippen LogP contribution in [0.15, 0.2) is 0 Å². The molecular formula is C10H16O5. The maximum atomic E-state index is 10.9. The largest absolute Gasteiger partial charge is 0.481 e. The lowest BCUT2D eigenvalue weighted by atomic mass is 9.88. The van der Waals surface area contributed by atoms with Crippen molar-refractivity contribution in [2.24, 2.45) is 0 Å². The predicted octanol–water partition coefficient (Wildman–Crippen LogP) is 0.700. The Hall–Kier alpha value is -1.10. The number of carbonyl (C=O) groups is 2. The Bertz CT molecular complexity index is 250. The van der Waals surface area contributed by atoms with Crippen molar-refractivity contribution >= 4 is 11.9 Å². The van der Waals surface area contributed by atoms with E-state index >= 15 is 0 Å². The molecule has 0 aliphatic carbocycles. The van der Waals surface area contributed by atoms with Gasteiger partial charge in [-0.05, 0) is 19.3 Å². The minimum atomic E-state index is -0.978. The summed E-state index contributed by atoms with van der Waals surface area (Å²) >= 11 is 0. The quantitative estimate of drug-likeness (QED) is 0.522. The molecule has 0 bridgehead atoms. The Labute approximate surface area is 88.0 Å². The smallest absolute Gasteiger partial charge is 0.308 e. The van der Waals surface area contributed by atoms with E-state index in [1.165, 1.54) is 0 Å². The number of esters is 1. The maximum Gasteiger partial charge on any atom is 0.308 e. The van der Waals surface area contributed by atoms with Crippen molar-refractivity contribution in [3.05, 3.63) is 0 Å². The Morgan fingerprint density at radius 2 is 2.20 bits per heavy atom. The highest BCUT2D eigenvalue weighted by molar-refractivity contribution is 5.71. The number of carboxylic acid groups (broad SMARTS) is 1. The molecule has 1 unspecified atom stereocenters. The molecule has 0 aromatic heterocycles. The summed E-state index contributed by atoms with van der Waals surface area (Å²) < 4.78 is 4.72. The summed E-state index contributed by atoms with van der Waals surface area (Å²) in [4.78, 5) is 21.2. The zero-order valence-corrected chi connectivity index (χ0v) is 8.57. The first-order chi connectivity index (χ1) is 7.02. The van der Waals surface area contributed by atoms with Crippen molar-refractivity contribution in [3.8, 4) is 0 Å². The van der Waals surface area contributed by atoms with Crippen LogP contribution in [0.3, 0.4) is 0 Å². The van der Waals surface area contributed by atoms with E-state index in [0.29, 0.717) is 25.7 Å². The number of cyclic esters (lactones) is 1. The summed E-state index contributed by atoms with van der Waals surface area (Å²) in [6.07, 6.45) is 2.21. The van der Waals surface area contributed by atoms with Gasteiger partial charge in [-0.3, -0.25) is 9.59 Å². The van der Waals surface area contributed by atoms with Gasteiger partial charge in [-0.25, -0.2) is 0 Å². The van der Waals surface area contributed by atoms with Crippen molar-refractivity contribution in [2.75, 3.05) is 6.61 Å². The van der Waals surface area contributed by atoms with Crippen LogP contribution >= 0.6 is 0 Å². The third kappa shape index (κ3) is 4.29. The fourth-order valence-electron chi connectivity index (χ4n) is 1.71. The predicted molar refractivity (Wildman–Crippen MR) is 51.2 cm³/mol. The van der Waals surface area contributed by atoms with Crippen molar-refractivity contribution in [2.45, 2.75) is 44.1 Å². The summed E-state index contributed by atoms with van der Waals surface area (Å²) in [6, 6.07) is 0. The normalized spacial score (nSPS) is 26.1. The average molecular weight is 216 g/mol. The molecule has 1 fully saturated rings. The lowest BCUT2D eigenvalue weighted by Crippen LogP contribution is -2.38. The molecule has 1 aliphatic heterocycles. The van der Waals surface area contributed by atoms with Gasteiger partial charge in [-0.15, -0.1) is 0 Å². The molecule has 1 saturated heterocycles. The molecule has 2 N–H and O–H groups in total. The van der Waals surface area contributed by atoms with Gasteiger partial charge in [0, 0.05) is 12.8 Å². The van der Waals surface area contributed by atoms with Crippen molar-refractivity contribution in [3.63, 3.8) is 0 Å². The van der Waals surface area contributed by atoms with Crippen molar-refractivity contribution in [1.82, 2.24) is 0 Å². The van der Waals surface area contributed by atoms with Crippen LogP contribution in [-0.4, -0.2) is 34.4 Å². The Morgan fingerprint density at radius 1 is 1.47 bits per heavy atom.